The van der Waals surface area contributed by atoms with E-state index < -0.39 is 0 Å². The third kappa shape index (κ3) is 2.63. The molecular formula is C9H15BBr2O2. The van der Waals surface area contributed by atoms with Crippen molar-refractivity contribution in [3.05, 3.63) is 10.5 Å². The Morgan fingerprint density at radius 2 is 1.64 bits per heavy atom. The first kappa shape index (κ1) is 12.8. The summed E-state index contributed by atoms with van der Waals surface area (Å²) >= 11 is 6.77. The van der Waals surface area contributed by atoms with E-state index in [4.69, 9.17) is 9.31 Å². The quantitative estimate of drug-likeness (QED) is 0.573. The molecule has 1 rings (SSSR count). The predicted molar refractivity (Wildman–Crippen MR) is 66.9 cm³/mol. The highest BCUT2D eigenvalue weighted by atomic mass is 79.9. The molecule has 0 aromatic carbocycles. The Bertz CT molecular complexity index is 235. The highest BCUT2D eigenvalue weighted by Crippen LogP contribution is 2.37. The highest BCUT2D eigenvalue weighted by Gasteiger charge is 2.50. The summed E-state index contributed by atoms with van der Waals surface area (Å²) in [4.78, 5) is 0. The van der Waals surface area contributed by atoms with Gasteiger partial charge in [0.1, 0.15) is 0 Å². The van der Waals surface area contributed by atoms with Crippen molar-refractivity contribution in [1.29, 1.82) is 0 Å². The Morgan fingerprint density at radius 3 is 2.00 bits per heavy atom. The van der Waals surface area contributed by atoms with Crippen molar-refractivity contribution in [2.45, 2.75) is 38.9 Å². The molecule has 0 aromatic rings. The van der Waals surface area contributed by atoms with Crippen molar-refractivity contribution >= 4 is 39.0 Å². The first-order valence-corrected chi connectivity index (χ1v) is 6.48. The van der Waals surface area contributed by atoms with Gasteiger partial charge in [-0.1, -0.05) is 31.9 Å². The van der Waals surface area contributed by atoms with Gasteiger partial charge in [0.05, 0.1) is 11.2 Å². The van der Waals surface area contributed by atoms with Crippen LogP contribution in [0.3, 0.4) is 0 Å². The van der Waals surface area contributed by atoms with Gasteiger partial charge in [0.2, 0.25) is 0 Å². The minimum Gasteiger partial charge on any atom is -0.400 e. The molecule has 14 heavy (non-hydrogen) atoms. The number of hydrogen-bond acceptors (Lipinski definition) is 2. The Balaban J connectivity index is 2.73. The monoisotopic (exact) mass is 324 g/mol. The van der Waals surface area contributed by atoms with Gasteiger partial charge in [0.25, 0.3) is 0 Å². The first-order chi connectivity index (χ1) is 6.28. The van der Waals surface area contributed by atoms with Crippen LogP contribution in [0.1, 0.15) is 27.7 Å². The summed E-state index contributed by atoms with van der Waals surface area (Å²) in [5.74, 6) is 1.94. The minimum atomic E-state index is -0.257. The van der Waals surface area contributed by atoms with Gasteiger partial charge in [-0.25, -0.2) is 0 Å². The molecule has 0 aromatic heterocycles. The largest absolute Gasteiger partial charge is 0.487 e. The molecule has 0 atom stereocenters. The number of rotatable bonds is 2. The van der Waals surface area contributed by atoms with Crippen LogP contribution >= 0.6 is 31.9 Å². The summed E-state index contributed by atoms with van der Waals surface area (Å²) in [5, 5.41) is 0.775. The number of hydrogen-bond donors (Lipinski definition) is 0. The molecule has 1 fully saturated rings. The van der Waals surface area contributed by atoms with Crippen molar-refractivity contribution in [2.24, 2.45) is 0 Å². The molecule has 0 bridgehead atoms. The second-order valence-corrected chi connectivity index (χ2v) is 5.95. The van der Waals surface area contributed by atoms with Gasteiger partial charge in [0, 0.05) is 5.33 Å². The van der Waals surface area contributed by atoms with Crippen LogP contribution in [0.5, 0.6) is 0 Å². The van der Waals surface area contributed by atoms with Crippen molar-refractivity contribution in [1.82, 2.24) is 0 Å². The molecule has 1 saturated heterocycles. The lowest BCUT2D eigenvalue weighted by Gasteiger charge is -2.32. The normalized spacial score (nSPS) is 25.6. The molecular weight excluding hydrogens is 311 g/mol. The van der Waals surface area contributed by atoms with Crippen LogP contribution in [-0.2, 0) is 9.31 Å². The summed E-state index contributed by atoms with van der Waals surface area (Å²) < 4.78 is 12.6. The maximum absolute atomic E-state index is 5.79. The summed E-state index contributed by atoms with van der Waals surface area (Å²) in [6, 6.07) is 0. The lowest BCUT2D eigenvalue weighted by Crippen LogP contribution is -2.41. The molecule has 1 aliphatic heterocycles. The molecule has 0 unspecified atom stereocenters. The van der Waals surface area contributed by atoms with Gasteiger partial charge in [-0.2, -0.15) is 0 Å². The Labute approximate surface area is 103 Å². The van der Waals surface area contributed by atoms with Crippen LogP contribution in [-0.4, -0.2) is 23.7 Å². The van der Waals surface area contributed by atoms with Crippen LogP contribution < -0.4 is 0 Å². The van der Waals surface area contributed by atoms with Crippen LogP contribution in [0.2, 0.25) is 0 Å². The smallest absolute Gasteiger partial charge is 0.400 e. The van der Waals surface area contributed by atoms with Gasteiger partial charge in [0.15, 0.2) is 0 Å². The fourth-order valence-electron chi connectivity index (χ4n) is 1.15. The SMILES string of the molecule is CC1(C)OB(C=C(Br)CBr)OC1(C)C. The topological polar surface area (TPSA) is 18.5 Å². The van der Waals surface area contributed by atoms with E-state index in [2.05, 4.69) is 31.9 Å². The molecule has 0 amide bonds. The highest BCUT2D eigenvalue weighted by molar-refractivity contribution is 9.13. The molecule has 1 heterocycles. The van der Waals surface area contributed by atoms with E-state index in [0.29, 0.717) is 0 Å². The number of halogens is 2. The maximum atomic E-state index is 5.79. The lowest BCUT2D eigenvalue weighted by atomic mass is 9.90. The van der Waals surface area contributed by atoms with Gasteiger partial charge < -0.3 is 9.31 Å². The molecule has 0 saturated carbocycles. The Kier molecular flexibility index (Phi) is 3.90. The van der Waals surface area contributed by atoms with Gasteiger partial charge in [-0.3, -0.25) is 0 Å². The van der Waals surface area contributed by atoms with E-state index in [1.54, 1.807) is 0 Å². The molecule has 0 aliphatic carbocycles. The number of alkyl halides is 1. The zero-order valence-corrected chi connectivity index (χ0v) is 12.1. The summed E-state index contributed by atoms with van der Waals surface area (Å²) in [5.41, 5.74) is -0.512. The van der Waals surface area contributed by atoms with Crippen LogP contribution in [0, 0.1) is 0 Å². The third-order valence-electron chi connectivity index (χ3n) is 2.72. The van der Waals surface area contributed by atoms with E-state index in [9.17, 15) is 0 Å². The van der Waals surface area contributed by atoms with E-state index in [-0.39, 0.29) is 18.3 Å². The molecule has 5 heteroatoms. The Morgan fingerprint density at radius 1 is 1.21 bits per heavy atom. The molecule has 0 N–H and O–H groups in total. The van der Waals surface area contributed by atoms with Gasteiger partial charge in [-0.05, 0) is 38.2 Å². The average Bonchev–Trinajstić information content (AvgIpc) is 2.20. The summed E-state index contributed by atoms with van der Waals surface area (Å²) in [6.45, 7) is 8.18. The first-order valence-electron chi connectivity index (χ1n) is 4.56. The van der Waals surface area contributed by atoms with Crippen molar-refractivity contribution in [3.8, 4) is 0 Å². The van der Waals surface area contributed by atoms with E-state index >= 15 is 0 Å². The Hall–Kier alpha value is 0.685. The van der Waals surface area contributed by atoms with Gasteiger partial charge in [-0.15, -0.1) is 0 Å². The third-order valence-corrected chi connectivity index (χ3v) is 4.62. The summed E-state index contributed by atoms with van der Waals surface area (Å²) in [6.07, 6.45) is 0. The van der Waals surface area contributed by atoms with E-state index in [1.165, 1.54) is 0 Å². The van der Waals surface area contributed by atoms with Gasteiger partial charge >= 0.3 is 7.12 Å². The second kappa shape index (κ2) is 4.28. The molecule has 2 nitrogen and oxygen atoms in total. The average molecular weight is 326 g/mol. The van der Waals surface area contributed by atoms with Crippen molar-refractivity contribution in [2.75, 3.05) is 5.33 Å². The molecule has 0 radical (unpaired) electrons. The van der Waals surface area contributed by atoms with Crippen LogP contribution in [0.15, 0.2) is 10.5 Å². The molecule has 1 aliphatic rings. The van der Waals surface area contributed by atoms with Crippen LogP contribution in [0.25, 0.3) is 0 Å². The van der Waals surface area contributed by atoms with Crippen molar-refractivity contribution < 1.29 is 9.31 Å². The minimum absolute atomic E-state index is 0.256. The summed E-state index contributed by atoms with van der Waals surface area (Å²) in [7, 11) is -0.257. The fraction of sp³-hybridized carbons (Fsp3) is 0.778. The standard InChI is InChI=1S/C9H15BBr2O2/c1-8(2)9(3,4)14-10(13-8)5-7(12)6-11/h5H,6H2,1-4H3. The molecule has 0 spiro atoms. The van der Waals surface area contributed by atoms with Crippen LogP contribution in [0.4, 0.5) is 0 Å². The lowest BCUT2D eigenvalue weighted by molar-refractivity contribution is 0.00578. The van der Waals surface area contributed by atoms with E-state index in [0.717, 1.165) is 9.81 Å². The number of allylic oxidation sites excluding steroid dienone is 1. The zero-order valence-electron chi connectivity index (χ0n) is 8.93. The fourth-order valence-corrected chi connectivity index (χ4v) is 1.55. The predicted octanol–water partition coefficient (Wildman–Crippen LogP) is 3.29. The maximum Gasteiger partial charge on any atom is 0.487 e. The van der Waals surface area contributed by atoms with Crippen molar-refractivity contribution in [3.63, 3.8) is 0 Å². The second-order valence-electron chi connectivity index (χ2n) is 4.37. The molecule has 80 valence electrons. The van der Waals surface area contributed by atoms with E-state index in [1.807, 2.05) is 33.7 Å². The zero-order chi connectivity index (χ0) is 11.0.